The lowest BCUT2D eigenvalue weighted by Gasteiger charge is -2.52. The maximum Gasteiger partial charge on any atom is 0.223 e. The maximum atomic E-state index is 13.5. The van der Waals surface area contributed by atoms with Crippen LogP contribution in [0.4, 0.5) is 4.39 Å². The molecule has 3 saturated carbocycles. The molecule has 6 unspecified atom stereocenters. The van der Waals surface area contributed by atoms with Crippen molar-refractivity contribution in [2.75, 3.05) is 13.1 Å². The lowest BCUT2D eigenvalue weighted by atomic mass is 9.53. The average molecular weight is 359 g/mol. The van der Waals surface area contributed by atoms with Gasteiger partial charge in [-0.3, -0.25) is 4.79 Å². The fourth-order valence-electron chi connectivity index (χ4n) is 6.60. The summed E-state index contributed by atoms with van der Waals surface area (Å²) in [7, 11) is 0. The zero-order chi connectivity index (χ0) is 18.1. The number of hydrogen-bond acceptors (Lipinski definition) is 3. The van der Waals surface area contributed by atoms with Gasteiger partial charge in [0.05, 0.1) is 12.2 Å². The highest BCUT2D eigenvalue weighted by atomic mass is 19.1. The number of rotatable bonds is 3. The summed E-state index contributed by atoms with van der Waals surface area (Å²) in [5, 5.41) is 20.0. The Morgan fingerprint density at radius 2 is 1.88 bits per heavy atom. The van der Waals surface area contributed by atoms with E-state index in [2.05, 4.69) is 0 Å². The van der Waals surface area contributed by atoms with Gasteiger partial charge in [-0.25, -0.2) is 4.39 Å². The summed E-state index contributed by atoms with van der Waals surface area (Å²) >= 11 is 0. The molecule has 2 N–H and O–H groups in total. The molecule has 1 heterocycles. The molecule has 1 aromatic carbocycles. The number of nitrogens with zero attached hydrogens (tertiary/aromatic N) is 1. The molecule has 1 aromatic rings. The maximum absolute atomic E-state index is 13.5. The number of aliphatic hydroxyl groups excluding tert-OH is 2. The van der Waals surface area contributed by atoms with Crippen LogP contribution in [0.25, 0.3) is 0 Å². The van der Waals surface area contributed by atoms with Gasteiger partial charge < -0.3 is 15.1 Å². The van der Waals surface area contributed by atoms with Crippen LogP contribution in [0.5, 0.6) is 0 Å². The second-order valence-corrected chi connectivity index (χ2v) is 8.99. The van der Waals surface area contributed by atoms with Gasteiger partial charge in [0.25, 0.3) is 0 Å². The zero-order valence-corrected chi connectivity index (χ0v) is 14.9. The molecule has 0 spiro atoms. The minimum atomic E-state index is -0.394. The van der Waals surface area contributed by atoms with E-state index in [1.807, 2.05) is 12.1 Å². The van der Waals surface area contributed by atoms with Crippen molar-refractivity contribution in [2.45, 2.75) is 49.7 Å². The van der Waals surface area contributed by atoms with Crippen molar-refractivity contribution in [1.29, 1.82) is 0 Å². The van der Waals surface area contributed by atoms with Crippen LogP contribution < -0.4 is 0 Å². The fourth-order valence-corrected chi connectivity index (χ4v) is 6.60. The van der Waals surface area contributed by atoms with Gasteiger partial charge in [0, 0.05) is 24.9 Å². The highest BCUT2D eigenvalue weighted by Crippen LogP contribution is 2.64. The first kappa shape index (κ1) is 16.7. The second-order valence-electron chi connectivity index (χ2n) is 8.99. The first-order valence-corrected chi connectivity index (χ1v) is 9.88. The van der Waals surface area contributed by atoms with Gasteiger partial charge in [-0.15, -0.1) is 0 Å². The number of amides is 1. The van der Waals surface area contributed by atoms with Gasteiger partial charge in [-0.2, -0.15) is 0 Å². The van der Waals surface area contributed by atoms with E-state index in [1.54, 1.807) is 4.90 Å². The van der Waals surface area contributed by atoms with Crippen LogP contribution in [0, 0.1) is 29.5 Å². The van der Waals surface area contributed by atoms with Crippen LogP contribution >= 0.6 is 0 Å². The Bertz CT molecular complexity index is 716. The number of carbonyl (C=O) groups is 1. The van der Waals surface area contributed by atoms with Gasteiger partial charge in [-0.05, 0) is 67.1 Å². The van der Waals surface area contributed by atoms with Crippen LogP contribution in [-0.2, 0) is 10.2 Å². The van der Waals surface area contributed by atoms with Crippen molar-refractivity contribution in [3.63, 3.8) is 0 Å². The van der Waals surface area contributed by atoms with E-state index in [-0.39, 0.29) is 23.2 Å². The van der Waals surface area contributed by atoms with Gasteiger partial charge >= 0.3 is 0 Å². The van der Waals surface area contributed by atoms with Crippen molar-refractivity contribution < 1.29 is 19.4 Å². The van der Waals surface area contributed by atoms with Crippen LogP contribution in [0.1, 0.15) is 37.7 Å². The molecule has 0 radical (unpaired) electrons. The monoisotopic (exact) mass is 359 g/mol. The van der Waals surface area contributed by atoms with E-state index in [4.69, 9.17) is 0 Å². The Morgan fingerprint density at radius 1 is 1.15 bits per heavy atom. The third kappa shape index (κ3) is 2.29. The van der Waals surface area contributed by atoms with Crippen molar-refractivity contribution in [2.24, 2.45) is 23.7 Å². The zero-order valence-electron chi connectivity index (χ0n) is 14.9. The van der Waals surface area contributed by atoms with Gasteiger partial charge in [0.15, 0.2) is 0 Å². The normalized spacial score (nSPS) is 41.3. The molecule has 2 bridgehead atoms. The minimum absolute atomic E-state index is 0.0985. The summed E-state index contributed by atoms with van der Waals surface area (Å²) in [6.45, 7) is 0.854. The largest absolute Gasteiger partial charge is 0.393 e. The SMILES string of the molecule is O=C(CC1(c2ccc(F)cc2)CCC2C(O)C3CC2C1C3)N1CC(O)C1. The molecule has 5 heteroatoms. The Kier molecular flexibility index (Phi) is 3.70. The van der Waals surface area contributed by atoms with E-state index < -0.39 is 6.10 Å². The molecular formula is C21H26FNO3. The number of halogens is 1. The summed E-state index contributed by atoms with van der Waals surface area (Å²) in [5.74, 6) is 1.43. The predicted octanol–water partition coefficient (Wildman–Crippen LogP) is 2.08. The molecular weight excluding hydrogens is 333 g/mol. The van der Waals surface area contributed by atoms with Crippen molar-refractivity contribution in [3.8, 4) is 0 Å². The van der Waals surface area contributed by atoms with Crippen molar-refractivity contribution >= 4 is 5.91 Å². The van der Waals surface area contributed by atoms with Gasteiger partial charge in [-0.1, -0.05) is 12.1 Å². The van der Waals surface area contributed by atoms with E-state index in [1.165, 1.54) is 12.1 Å². The van der Waals surface area contributed by atoms with E-state index in [9.17, 15) is 19.4 Å². The van der Waals surface area contributed by atoms with Crippen LogP contribution in [0.2, 0.25) is 0 Å². The molecule has 26 heavy (non-hydrogen) atoms. The topological polar surface area (TPSA) is 60.8 Å². The second kappa shape index (κ2) is 5.77. The number of β-amino-alcohol motifs (C(OH)–C–C–N with tert-alkyl or cyclic N) is 1. The Hall–Kier alpha value is -1.46. The van der Waals surface area contributed by atoms with Crippen LogP contribution in [0.3, 0.4) is 0 Å². The van der Waals surface area contributed by atoms with Crippen molar-refractivity contribution in [3.05, 3.63) is 35.6 Å². The molecule has 1 saturated heterocycles. The summed E-state index contributed by atoms with van der Waals surface area (Å²) in [6.07, 6.45) is 3.70. The molecule has 0 aromatic heterocycles. The minimum Gasteiger partial charge on any atom is -0.393 e. The number of carbonyl (C=O) groups excluding carboxylic acids is 1. The standard InChI is InChI=1S/C21H26FNO3/c22-14-3-1-13(2-4-14)21(9-19(25)23-10-15(24)11-23)6-5-16-17-7-12(20(16)26)8-18(17)21/h1-4,12,15-18,20,24,26H,5-11H2. The first-order chi connectivity index (χ1) is 12.5. The third-order valence-corrected chi connectivity index (χ3v) is 7.85. The van der Waals surface area contributed by atoms with Gasteiger partial charge in [0.2, 0.25) is 5.91 Å². The molecule has 4 nitrogen and oxygen atoms in total. The highest BCUT2D eigenvalue weighted by Gasteiger charge is 2.61. The Labute approximate surface area is 153 Å². The van der Waals surface area contributed by atoms with Crippen LogP contribution in [-0.4, -0.2) is 46.3 Å². The molecule has 3 aliphatic carbocycles. The Morgan fingerprint density at radius 3 is 2.54 bits per heavy atom. The Balaban J connectivity index is 1.49. The molecule has 140 valence electrons. The number of fused-ring (bicyclic) bond motifs is 1. The van der Waals surface area contributed by atoms with Gasteiger partial charge in [0.1, 0.15) is 5.82 Å². The lowest BCUT2D eigenvalue weighted by molar-refractivity contribution is -0.145. The summed E-state index contributed by atoms with van der Waals surface area (Å²) in [4.78, 5) is 14.7. The predicted molar refractivity (Wildman–Crippen MR) is 93.7 cm³/mol. The molecule has 1 amide bonds. The van der Waals surface area contributed by atoms with Crippen molar-refractivity contribution in [1.82, 2.24) is 4.90 Å². The average Bonchev–Trinajstić information content (AvgIpc) is 3.17. The number of likely N-dealkylation sites (tertiary alicyclic amines) is 1. The molecule has 5 rings (SSSR count). The molecule has 4 fully saturated rings. The number of hydrogen-bond donors (Lipinski definition) is 2. The molecule has 6 atom stereocenters. The summed E-state index contributed by atoms with van der Waals surface area (Å²) in [5.41, 5.74) is 0.806. The van der Waals surface area contributed by atoms with E-state index in [0.717, 1.165) is 31.2 Å². The lowest BCUT2D eigenvalue weighted by Crippen LogP contribution is -2.56. The number of benzene rings is 1. The third-order valence-electron chi connectivity index (χ3n) is 7.85. The smallest absolute Gasteiger partial charge is 0.223 e. The van der Waals surface area contributed by atoms with E-state index >= 15 is 0 Å². The number of aliphatic hydroxyl groups is 2. The summed E-state index contributed by atoms with van der Waals surface area (Å²) < 4.78 is 13.5. The molecule has 1 aliphatic heterocycles. The fraction of sp³-hybridized carbons (Fsp3) is 0.667. The van der Waals surface area contributed by atoms with E-state index in [0.29, 0.717) is 43.2 Å². The highest BCUT2D eigenvalue weighted by molar-refractivity contribution is 5.79. The quantitative estimate of drug-likeness (QED) is 0.869. The first-order valence-electron chi connectivity index (χ1n) is 9.88. The summed E-state index contributed by atoms with van der Waals surface area (Å²) in [6, 6.07) is 6.72. The van der Waals surface area contributed by atoms with Crippen LogP contribution in [0.15, 0.2) is 24.3 Å². The molecule has 4 aliphatic rings.